The molecule has 0 saturated heterocycles. The third-order valence-corrected chi connectivity index (χ3v) is 4.31. The van der Waals surface area contributed by atoms with Crippen molar-refractivity contribution in [3.8, 4) is 0 Å². The monoisotopic (exact) mass is 363 g/mol. The van der Waals surface area contributed by atoms with E-state index in [9.17, 15) is 9.59 Å². The number of nitrogens with one attached hydrogen (secondary N) is 1. The van der Waals surface area contributed by atoms with Crippen LogP contribution in [0.4, 0.5) is 5.69 Å². The predicted molar refractivity (Wildman–Crippen MR) is 86.1 cm³/mol. The molecular formula is C16H11BrClNO2. The molecule has 0 atom stereocenters. The topological polar surface area (TPSA) is 46.2 Å². The van der Waals surface area contributed by atoms with Gasteiger partial charge in [0.2, 0.25) is 5.91 Å². The van der Waals surface area contributed by atoms with Crippen LogP contribution in [0.3, 0.4) is 0 Å². The van der Waals surface area contributed by atoms with E-state index in [1.807, 2.05) is 19.1 Å². The van der Waals surface area contributed by atoms with Gasteiger partial charge in [0.15, 0.2) is 5.78 Å². The van der Waals surface area contributed by atoms with E-state index < -0.39 is 0 Å². The summed E-state index contributed by atoms with van der Waals surface area (Å²) in [7, 11) is 0. The van der Waals surface area contributed by atoms with Gasteiger partial charge in [0.05, 0.1) is 11.4 Å². The van der Waals surface area contributed by atoms with Crippen molar-refractivity contribution < 1.29 is 9.59 Å². The molecule has 1 aliphatic heterocycles. The predicted octanol–water partition coefficient (Wildman–Crippen LogP) is 4.14. The van der Waals surface area contributed by atoms with Crippen molar-refractivity contribution in [2.75, 3.05) is 5.32 Å². The summed E-state index contributed by atoms with van der Waals surface area (Å²) in [4.78, 5) is 24.1. The molecule has 1 heterocycles. The van der Waals surface area contributed by atoms with Gasteiger partial charge in [-0.05, 0) is 42.3 Å². The van der Waals surface area contributed by atoms with Gasteiger partial charge in [-0.3, -0.25) is 9.59 Å². The molecule has 5 heteroatoms. The number of rotatable bonds is 2. The zero-order valence-corrected chi connectivity index (χ0v) is 13.5. The van der Waals surface area contributed by atoms with E-state index in [1.54, 1.807) is 18.2 Å². The molecule has 0 unspecified atom stereocenters. The normalized spacial score (nSPS) is 13.0. The minimum absolute atomic E-state index is 0.0794. The fourth-order valence-electron chi connectivity index (χ4n) is 2.41. The number of halogens is 2. The summed E-state index contributed by atoms with van der Waals surface area (Å²) in [5, 5.41) is 3.07. The SMILES string of the molecule is Cc1ccc(Br)cc1C(=O)c1cc2c(cc1Cl)NC(=O)C2. The summed E-state index contributed by atoms with van der Waals surface area (Å²) < 4.78 is 0.838. The number of carbonyl (C=O) groups excluding carboxylic acids is 2. The van der Waals surface area contributed by atoms with Crippen molar-refractivity contribution >= 4 is 44.9 Å². The van der Waals surface area contributed by atoms with E-state index in [2.05, 4.69) is 21.2 Å². The molecule has 0 saturated carbocycles. The van der Waals surface area contributed by atoms with E-state index in [0.717, 1.165) is 15.6 Å². The first kappa shape index (κ1) is 14.3. The van der Waals surface area contributed by atoms with Crippen molar-refractivity contribution in [3.63, 3.8) is 0 Å². The molecule has 0 aromatic heterocycles. The van der Waals surface area contributed by atoms with E-state index in [-0.39, 0.29) is 18.1 Å². The smallest absolute Gasteiger partial charge is 0.228 e. The number of anilines is 1. The lowest BCUT2D eigenvalue weighted by Gasteiger charge is -2.09. The van der Waals surface area contributed by atoms with Crippen molar-refractivity contribution in [2.24, 2.45) is 0 Å². The quantitative estimate of drug-likeness (QED) is 0.814. The minimum Gasteiger partial charge on any atom is -0.325 e. The van der Waals surface area contributed by atoms with E-state index in [1.165, 1.54) is 0 Å². The molecule has 0 bridgehead atoms. The van der Waals surface area contributed by atoms with Gasteiger partial charge in [0.1, 0.15) is 0 Å². The van der Waals surface area contributed by atoms with Crippen LogP contribution < -0.4 is 5.32 Å². The average Bonchev–Trinajstić information content (AvgIpc) is 2.79. The lowest BCUT2D eigenvalue weighted by atomic mass is 9.97. The molecule has 3 rings (SSSR count). The maximum Gasteiger partial charge on any atom is 0.228 e. The van der Waals surface area contributed by atoms with Gasteiger partial charge in [-0.15, -0.1) is 0 Å². The molecule has 2 aromatic carbocycles. The van der Waals surface area contributed by atoms with Gasteiger partial charge >= 0.3 is 0 Å². The van der Waals surface area contributed by atoms with Gasteiger partial charge < -0.3 is 5.32 Å². The third kappa shape index (κ3) is 2.61. The van der Waals surface area contributed by atoms with Crippen LogP contribution in [0.1, 0.15) is 27.0 Å². The number of ketones is 1. The Labute approximate surface area is 135 Å². The lowest BCUT2D eigenvalue weighted by molar-refractivity contribution is -0.115. The molecule has 0 radical (unpaired) electrons. The Kier molecular flexibility index (Phi) is 3.59. The Morgan fingerprint density at radius 3 is 2.76 bits per heavy atom. The molecule has 0 aliphatic carbocycles. The number of hydrogen-bond donors (Lipinski definition) is 1. The van der Waals surface area contributed by atoms with Crippen molar-refractivity contribution in [2.45, 2.75) is 13.3 Å². The number of amides is 1. The van der Waals surface area contributed by atoms with Gasteiger partial charge in [-0.25, -0.2) is 0 Å². The Bertz CT molecular complexity index is 786. The van der Waals surface area contributed by atoms with Crippen LogP contribution in [0.5, 0.6) is 0 Å². The largest absolute Gasteiger partial charge is 0.325 e. The van der Waals surface area contributed by atoms with Gasteiger partial charge in [-0.2, -0.15) is 0 Å². The molecule has 106 valence electrons. The highest BCUT2D eigenvalue weighted by molar-refractivity contribution is 9.10. The standard InChI is InChI=1S/C16H11BrClNO2/c1-8-2-3-10(17)6-11(8)16(21)12-4-9-5-15(20)19-14(9)7-13(12)18/h2-4,6-7H,5H2,1H3,(H,19,20). The van der Waals surface area contributed by atoms with Crippen LogP contribution >= 0.6 is 27.5 Å². The Morgan fingerprint density at radius 2 is 2.00 bits per heavy atom. The number of hydrogen-bond acceptors (Lipinski definition) is 2. The number of carbonyl (C=O) groups is 2. The second-order valence-electron chi connectivity index (χ2n) is 5.00. The maximum atomic E-state index is 12.7. The summed E-state index contributed by atoms with van der Waals surface area (Å²) in [5.74, 6) is -0.217. The molecule has 2 aromatic rings. The molecule has 0 spiro atoms. The minimum atomic E-state index is -0.138. The van der Waals surface area contributed by atoms with Crippen LogP contribution in [-0.4, -0.2) is 11.7 Å². The zero-order chi connectivity index (χ0) is 15.1. The fourth-order valence-corrected chi connectivity index (χ4v) is 3.02. The summed E-state index contributed by atoms with van der Waals surface area (Å²) in [6.07, 6.45) is 0.282. The second kappa shape index (κ2) is 5.28. The highest BCUT2D eigenvalue weighted by Gasteiger charge is 2.23. The fraction of sp³-hybridized carbons (Fsp3) is 0.125. The maximum absolute atomic E-state index is 12.7. The molecule has 1 amide bonds. The third-order valence-electron chi connectivity index (χ3n) is 3.51. The van der Waals surface area contributed by atoms with Crippen LogP contribution in [0.2, 0.25) is 5.02 Å². The van der Waals surface area contributed by atoms with E-state index in [0.29, 0.717) is 21.8 Å². The summed E-state index contributed by atoms with van der Waals surface area (Å²) in [6, 6.07) is 8.90. The van der Waals surface area contributed by atoms with Gasteiger partial charge in [0.25, 0.3) is 0 Å². The van der Waals surface area contributed by atoms with E-state index in [4.69, 9.17) is 11.6 Å². The number of aryl methyl sites for hydroxylation is 1. The molecule has 0 fully saturated rings. The summed E-state index contributed by atoms with van der Waals surface area (Å²) >= 11 is 9.58. The van der Waals surface area contributed by atoms with Crippen molar-refractivity contribution in [3.05, 3.63) is 62.1 Å². The Morgan fingerprint density at radius 1 is 1.24 bits per heavy atom. The first-order valence-corrected chi connectivity index (χ1v) is 7.56. The highest BCUT2D eigenvalue weighted by Crippen LogP contribution is 2.31. The van der Waals surface area contributed by atoms with Crippen molar-refractivity contribution in [1.29, 1.82) is 0 Å². The molecular weight excluding hydrogens is 354 g/mol. The summed E-state index contributed by atoms with van der Waals surface area (Å²) in [5.41, 5.74) is 3.40. The first-order chi connectivity index (χ1) is 9.95. The first-order valence-electron chi connectivity index (χ1n) is 6.39. The zero-order valence-electron chi connectivity index (χ0n) is 11.2. The Hall–Kier alpha value is -1.65. The lowest BCUT2D eigenvalue weighted by Crippen LogP contribution is -2.05. The summed E-state index contributed by atoms with van der Waals surface area (Å²) in [6.45, 7) is 1.88. The van der Waals surface area contributed by atoms with Gasteiger partial charge in [-0.1, -0.05) is 33.6 Å². The van der Waals surface area contributed by atoms with Crippen molar-refractivity contribution in [1.82, 2.24) is 0 Å². The molecule has 1 aliphatic rings. The van der Waals surface area contributed by atoms with Crippen LogP contribution in [0, 0.1) is 6.92 Å². The average molecular weight is 365 g/mol. The van der Waals surface area contributed by atoms with Gasteiger partial charge in [0, 0.05) is 21.3 Å². The highest BCUT2D eigenvalue weighted by atomic mass is 79.9. The second-order valence-corrected chi connectivity index (χ2v) is 6.33. The molecule has 3 nitrogen and oxygen atoms in total. The molecule has 21 heavy (non-hydrogen) atoms. The van der Waals surface area contributed by atoms with Crippen LogP contribution in [-0.2, 0) is 11.2 Å². The van der Waals surface area contributed by atoms with E-state index >= 15 is 0 Å². The molecule has 1 N–H and O–H groups in total. The number of fused-ring (bicyclic) bond motifs is 1. The van der Waals surface area contributed by atoms with Crippen LogP contribution in [0.25, 0.3) is 0 Å². The Balaban J connectivity index is 2.09. The van der Waals surface area contributed by atoms with Crippen LogP contribution in [0.15, 0.2) is 34.8 Å². The number of benzene rings is 2.